The molecule has 5 rings (SSSR count). The first-order chi connectivity index (χ1) is 15.5. The second kappa shape index (κ2) is 8.44. The Morgan fingerprint density at radius 3 is 2.78 bits per heavy atom. The molecule has 7 nitrogen and oxygen atoms in total. The summed E-state index contributed by atoms with van der Waals surface area (Å²) in [6, 6.07) is 14.3. The highest BCUT2D eigenvalue weighted by atomic mass is 32.2. The van der Waals surface area contributed by atoms with Crippen LogP contribution in [0.1, 0.15) is 25.3 Å². The Morgan fingerprint density at radius 1 is 1.19 bits per heavy atom. The fourth-order valence-electron chi connectivity index (χ4n) is 4.11. The van der Waals surface area contributed by atoms with Gasteiger partial charge in [0.05, 0.1) is 29.4 Å². The van der Waals surface area contributed by atoms with Crippen molar-refractivity contribution in [3.8, 4) is 16.8 Å². The van der Waals surface area contributed by atoms with E-state index in [4.69, 9.17) is 4.74 Å². The molecule has 0 radical (unpaired) electrons. The first kappa shape index (κ1) is 20.8. The van der Waals surface area contributed by atoms with Crippen molar-refractivity contribution in [2.45, 2.75) is 32.3 Å². The van der Waals surface area contributed by atoms with E-state index in [0.29, 0.717) is 12.3 Å². The molecule has 166 valence electrons. The average molecular weight is 451 g/mol. The largest absolute Gasteiger partial charge is 0.377 e. The van der Waals surface area contributed by atoms with Crippen molar-refractivity contribution < 1.29 is 13.2 Å². The minimum atomic E-state index is -3.51. The van der Waals surface area contributed by atoms with Crippen LogP contribution in [0, 0.1) is 0 Å². The Bertz CT molecular complexity index is 1330. The number of hydrogen-bond acceptors (Lipinski definition) is 4. The van der Waals surface area contributed by atoms with Crippen molar-refractivity contribution in [1.82, 2.24) is 14.8 Å². The number of ether oxygens (including phenoxy) is 1. The molecule has 0 saturated carbocycles. The quantitative estimate of drug-likeness (QED) is 0.434. The molecular formula is C24H26N4O3S. The van der Waals surface area contributed by atoms with E-state index in [9.17, 15) is 8.42 Å². The third-order valence-corrected chi connectivity index (χ3v) is 7.24. The zero-order valence-corrected chi connectivity index (χ0v) is 18.7. The van der Waals surface area contributed by atoms with Crippen LogP contribution in [0.4, 0.5) is 5.69 Å². The summed E-state index contributed by atoms with van der Waals surface area (Å²) in [5.41, 5.74) is 5.62. The van der Waals surface area contributed by atoms with Crippen LogP contribution in [0.5, 0.6) is 0 Å². The number of sulfonamides is 1. The van der Waals surface area contributed by atoms with Gasteiger partial charge in [-0.3, -0.25) is 4.72 Å². The van der Waals surface area contributed by atoms with Crippen LogP contribution < -0.4 is 4.72 Å². The number of nitrogens with zero attached hydrogens (tertiary/aromatic N) is 2. The van der Waals surface area contributed by atoms with E-state index >= 15 is 0 Å². The number of fused-ring (bicyclic) bond motifs is 1. The average Bonchev–Trinajstić information content (AvgIpc) is 3.55. The molecular weight excluding hydrogens is 424 g/mol. The zero-order chi connectivity index (χ0) is 22.1. The fourth-order valence-corrected chi connectivity index (χ4v) is 5.45. The molecule has 32 heavy (non-hydrogen) atoms. The lowest BCUT2D eigenvalue weighted by atomic mass is 10.1. The van der Waals surface area contributed by atoms with Crippen molar-refractivity contribution in [1.29, 1.82) is 0 Å². The highest BCUT2D eigenvalue weighted by Crippen LogP contribution is 2.30. The van der Waals surface area contributed by atoms with Crippen LogP contribution in [-0.4, -0.2) is 41.6 Å². The Balaban J connectivity index is 1.40. The number of benzene rings is 2. The molecule has 2 aromatic heterocycles. The third-order valence-electron chi connectivity index (χ3n) is 5.90. The maximum Gasteiger partial charge on any atom is 0.235 e. The van der Waals surface area contributed by atoms with Gasteiger partial charge in [-0.2, -0.15) is 5.10 Å². The number of aromatic nitrogens is 3. The Hall–Kier alpha value is -3.10. The molecule has 0 spiro atoms. The molecule has 1 fully saturated rings. The third kappa shape index (κ3) is 4.28. The number of aryl methyl sites for hydroxylation is 1. The second-order valence-corrected chi connectivity index (χ2v) is 9.94. The monoisotopic (exact) mass is 450 g/mol. The number of rotatable bonds is 7. The molecule has 4 aromatic rings. The van der Waals surface area contributed by atoms with Crippen molar-refractivity contribution in [2.24, 2.45) is 0 Å². The van der Waals surface area contributed by atoms with Gasteiger partial charge in [0.1, 0.15) is 0 Å². The second-order valence-electron chi connectivity index (χ2n) is 8.17. The summed E-state index contributed by atoms with van der Waals surface area (Å²) in [5.74, 6) is -0.0248. The standard InChI is InChI=1S/C24H26N4O3S/c1-2-17-5-8-20(9-6-17)28-15-19(13-26-28)18-7-10-23-22(12-18)24(14-25-23)27-32(29,30)16-21-4-3-11-31-21/h5-10,12-15,21,25,27H,2-4,11,16H2,1H3. The fraction of sp³-hybridized carbons (Fsp3) is 0.292. The maximum absolute atomic E-state index is 12.6. The van der Waals surface area contributed by atoms with Gasteiger partial charge in [0.15, 0.2) is 0 Å². The molecule has 1 aliphatic heterocycles. The normalized spacial score (nSPS) is 16.6. The highest BCUT2D eigenvalue weighted by molar-refractivity contribution is 7.92. The minimum Gasteiger partial charge on any atom is -0.377 e. The van der Waals surface area contributed by atoms with Crippen LogP contribution in [0.15, 0.2) is 61.1 Å². The van der Waals surface area contributed by atoms with Crippen molar-refractivity contribution >= 4 is 26.6 Å². The van der Waals surface area contributed by atoms with Gasteiger partial charge < -0.3 is 9.72 Å². The number of nitrogens with one attached hydrogen (secondary N) is 2. The van der Waals surface area contributed by atoms with Crippen LogP contribution in [0.25, 0.3) is 27.7 Å². The van der Waals surface area contributed by atoms with Crippen molar-refractivity contribution in [3.05, 3.63) is 66.6 Å². The summed E-state index contributed by atoms with van der Waals surface area (Å²) in [4.78, 5) is 3.15. The first-order valence-corrected chi connectivity index (χ1v) is 12.5. The molecule has 1 saturated heterocycles. The molecule has 2 aromatic carbocycles. The molecule has 0 bridgehead atoms. The lowest BCUT2D eigenvalue weighted by Gasteiger charge is -2.11. The van der Waals surface area contributed by atoms with Gasteiger partial charge in [-0.05, 0) is 54.7 Å². The predicted octanol–water partition coefficient (Wildman–Crippen LogP) is 4.50. The van der Waals surface area contributed by atoms with Crippen molar-refractivity contribution in [3.63, 3.8) is 0 Å². The SMILES string of the molecule is CCc1ccc(-n2cc(-c3ccc4[nH]cc(NS(=O)(=O)CC5CCCO5)c4c3)cn2)cc1. The highest BCUT2D eigenvalue weighted by Gasteiger charge is 2.24. The van der Waals surface area contributed by atoms with Gasteiger partial charge in [-0.15, -0.1) is 0 Å². The zero-order valence-electron chi connectivity index (χ0n) is 17.9. The number of hydrogen-bond donors (Lipinski definition) is 2. The van der Waals surface area contributed by atoms with E-state index in [0.717, 1.165) is 47.0 Å². The van der Waals surface area contributed by atoms with Crippen LogP contribution in [-0.2, 0) is 21.2 Å². The molecule has 0 aliphatic carbocycles. The molecule has 0 amide bonds. The van der Waals surface area contributed by atoms with E-state index in [1.54, 1.807) is 6.20 Å². The van der Waals surface area contributed by atoms with Crippen LogP contribution in [0.3, 0.4) is 0 Å². The molecule has 1 aliphatic rings. The summed E-state index contributed by atoms with van der Waals surface area (Å²) < 4.78 is 35.3. The van der Waals surface area contributed by atoms with Gasteiger partial charge >= 0.3 is 0 Å². The Labute approximate surface area is 187 Å². The predicted molar refractivity (Wildman–Crippen MR) is 127 cm³/mol. The molecule has 2 N–H and O–H groups in total. The van der Waals surface area contributed by atoms with E-state index in [1.807, 2.05) is 35.3 Å². The summed E-state index contributed by atoms with van der Waals surface area (Å²) in [6.45, 7) is 2.77. The lowest BCUT2D eigenvalue weighted by Crippen LogP contribution is -2.25. The van der Waals surface area contributed by atoms with Gasteiger partial charge in [-0.1, -0.05) is 25.1 Å². The Kier molecular flexibility index (Phi) is 5.48. The smallest absolute Gasteiger partial charge is 0.235 e. The number of H-pyrrole nitrogens is 1. The molecule has 1 unspecified atom stereocenters. The van der Waals surface area contributed by atoms with Gasteiger partial charge in [0.2, 0.25) is 10.0 Å². The number of aromatic amines is 1. The first-order valence-electron chi connectivity index (χ1n) is 10.9. The van der Waals surface area contributed by atoms with Gasteiger partial charge in [0, 0.05) is 35.5 Å². The van der Waals surface area contributed by atoms with Crippen LogP contribution in [0.2, 0.25) is 0 Å². The van der Waals surface area contributed by atoms with E-state index in [2.05, 4.69) is 46.0 Å². The van der Waals surface area contributed by atoms with Crippen molar-refractivity contribution in [2.75, 3.05) is 17.1 Å². The van der Waals surface area contributed by atoms with Gasteiger partial charge in [-0.25, -0.2) is 13.1 Å². The minimum absolute atomic E-state index is 0.0248. The van der Waals surface area contributed by atoms with Gasteiger partial charge in [0.25, 0.3) is 0 Å². The van der Waals surface area contributed by atoms with E-state index in [-0.39, 0.29) is 11.9 Å². The lowest BCUT2D eigenvalue weighted by molar-refractivity contribution is 0.127. The number of anilines is 1. The molecule has 8 heteroatoms. The maximum atomic E-state index is 12.6. The summed E-state index contributed by atoms with van der Waals surface area (Å²) in [5, 5.41) is 5.33. The van der Waals surface area contributed by atoms with Crippen LogP contribution >= 0.6 is 0 Å². The summed E-state index contributed by atoms with van der Waals surface area (Å²) >= 11 is 0. The van der Waals surface area contributed by atoms with E-state index < -0.39 is 10.0 Å². The molecule has 3 heterocycles. The molecule has 1 atom stereocenters. The van der Waals surface area contributed by atoms with E-state index in [1.165, 1.54) is 5.56 Å². The summed E-state index contributed by atoms with van der Waals surface area (Å²) in [7, 11) is -3.51. The summed E-state index contributed by atoms with van der Waals surface area (Å²) in [6.07, 6.45) is 7.96. The Morgan fingerprint density at radius 2 is 2.03 bits per heavy atom. The topological polar surface area (TPSA) is 89.0 Å².